The molecule has 1 aromatic carbocycles. The molecule has 88 valence electrons. The molecule has 1 aromatic rings. The molecule has 0 bridgehead atoms. The lowest BCUT2D eigenvalue weighted by Crippen LogP contribution is -2.10. The van der Waals surface area contributed by atoms with Crippen LogP contribution in [0.3, 0.4) is 0 Å². The smallest absolute Gasteiger partial charge is 0.423 e. The number of nitro benzene ring substituents is 1. The maximum Gasteiger partial charge on any atom is 0.423 e. The molecule has 1 N–H and O–H groups in total. The molecule has 1 rings (SSSR count). The lowest BCUT2D eigenvalue weighted by molar-refractivity contribution is -0.386. The monoisotopic (exact) mass is 303 g/mol. The molecule has 0 radical (unpaired) electrons. The Labute approximate surface area is 93.8 Å². The molecule has 0 heterocycles. The van der Waals surface area contributed by atoms with Gasteiger partial charge < -0.3 is 5.11 Å². The number of phenolic OH excluding ortho intramolecular Hbond substituents is 1. The molecule has 0 spiro atoms. The summed E-state index contributed by atoms with van der Waals surface area (Å²) in [4.78, 5) is 9.06. The number of hydrogen-bond donors (Lipinski definition) is 1. The van der Waals surface area contributed by atoms with Crippen LogP contribution in [0.25, 0.3) is 0 Å². The SMILES string of the molecule is O=[N+]([O-])c1cc(Br)c(F)c(C(F)(F)F)c1O. The number of nitrogens with zero attached hydrogens (tertiary/aromatic N) is 1. The third-order valence-corrected chi connectivity index (χ3v) is 2.23. The van der Waals surface area contributed by atoms with E-state index in [1.165, 1.54) is 0 Å². The third-order valence-electron chi connectivity index (χ3n) is 1.65. The van der Waals surface area contributed by atoms with Crippen molar-refractivity contribution in [1.29, 1.82) is 0 Å². The first-order chi connectivity index (χ1) is 7.16. The predicted octanol–water partition coefficient (Wildman–Crippen LogP) is 3.22. The van der Waals surface area contributed by atoms with E-state index in [1.807, 2.05) is 0 Å². The lowest BCUT2D eigenvalue weighted by atomic mass is 10.1. The summed E-state index contributed by atoms with van der Waals surface area (Å²) in [5.74, 6) is -3.53. The Morgan fingerprint density at radius 2 is 1.94 bits per heavy atom. The maximum absolute atomic E-state index is 13.1. The van der Waals surface area contributed by atoms with E-state index in [0.717, 1.165) is 0 Å². The lowest BCUT2D eigenvalue weighted by Gasteiger charge is -2.10. The van der Waals surface area contributed by atoms with Gasteiger partial charge in [-0.15, -0.1) is 0 Å². The second kappa shape index (κ2) is 3.89. The van der Waals surface area contributed by atoms with Crippen LogP contribution in [0.2, 0.25) is 0 Å². The summed E-state index contributed by atoms with van der Waals surface area (Å²) in [6, 6.07) is 0.458. The van der Waals surface area contributed by atoms with E-state index >= 15 is 0 Å². The van der Waals surface area contributed by atoms with Crippen LogP contribution in [0.15, 0.2) is 10.5 Å². The number of alkyl halides is 3. The number of benzene rings is 1. The molecule has 16 heavy (non-hydrogen) atoms. The van der Waals surface area contributed by atoms with E-state index < -0.39 is 38.4 Å². The molecular formula is C7H2BrF4NO3. The summed E-state index contributed by atoms with van der Waals surface area (Å²) < 4.78 is 49.2. The quantitative estimate of drug-likeness (QED) is 0.492. The van der Waals surface area contributed by atoms with Crippen LogP contribution in [0, 0.1) is 15.9 Å². The maximum atomic E-state index is 13.1. The van der Waals surface area contributed by atoms with Gasteiger partial charge in [0.25, 0.3) is 0 Å². The van der Waals surface area contributed by atoms with Gasteiger partial charge in [-0.2, -0.15) is 13.2 Å². The number of phenols is 1. The predicted molar refractivity (Wildman–Crippen MR) is 47.4 cm³/mol. The summed E-state index contributed by atoms with van der Waals surface area (Å²) >= 11 is 2.40. The molecule has 0 aliphatic heterocycles. The Balaban J connectivity index is 3.66. The van der Waals surface area contributed by atoms with E-state index in [2.05, 4.69) is 15.9 Å². The highest BCUT2D eigenvalue weighted by molar-refractivity contribution is 9.10. The highest BCUT2D eigenvalue weighted by atomic mass is 79.9. The fourth-order valence-electron chi connectivity index (χ4n) is 1.00. The Morgan fingerprint density at radius 1 is 1.44 bits per heavy atom. The standard InChI is InChI=1S/C7H2BrF4NO3/c8-2-1-3(13(15)16)6(14)4(5(2)9)7(10,11)12/h1,14H. The van der Waals surface area contributed by atoms with Gasteiger partial charge in [0.15, 0.2) is 5.82 Å². The number of rotatable bonds is 1. The fourth-order valence-corrected chi connectivity index (χ4v) is 1.42. The molecular weight excluding hydrogens is 302 g/mol. The van der Waals surface area contributed by atoms with Gasteiger partial charge in [0, 0.05) is 6.07 Å². The van der Waals surface area contributed by atoms with E-state index in [4.69, 9.17) is 5.11 Å². The molecule has 0 aliphatic rings. The highest BCUT2D eigenvalue weighted by Crippen LogP contribution is 2.44. The molecule has 9 heteroatoms. The van der Waals surface area contributed by atoms with Crippen LogP contribution >= 0.6 is 15.9 Å². The van der Waals surface area contributed by atoms with E-state index in [1.54, 1.807) is 0 Å². The first-order valence-electron chi connectivity index (χ1n) is 3.58. The van der Waals surface area contributed by atoms with Gasteiger partial charge in [-0.3, -0.25) is 10.1 Å². The first-order valence-corrected chi connectivity index (χ1v) is 4.38. The average Bonchev–Trinajstić information content (AvgIpc) is 2.08. The van der Waals surface area contributed by atoms with Gasteiger partial charge in [-0.25, -0.2) is 4.39 Å². The van der Waals surface area contributed by atoms with Gasteiger partial charge in [0.2, 0.25) is 5.75 Å². The normalized spacial score (nSPS) is 11.6. The van der Waals surface area contributed by atoms with Gasteiger partial charge in [0.1, 0.15) is 5.56 Å². The summed E-state index contributed by atoms with van der Waals surface area (Å²) in [6.45, 7) is 0. The zero-order chi connectivity index (χ0) is 12.7. The van der Waals surface area contributed by atoms with Crippen molar-refractivity contribution >= 4 is 21.6 Å². The molecule has 0 aromatic heterocycles. The van der Waals surface area contributed by atoms with Gasteiger partial charge in [-0.05, 0) is 15.9 Å². The van der Waals surface area contributed by atoms with Crippen molar-refractivity contribution < 1.29 is 27.6 Å². The Bertz CT molecular complexity index is 460. The topological polar surface area (TPSA) is 63.4 Å². The first kappa shape index (κ1) is 12.7. The molecule has 0 saturated carbocycles. The minimum Gasteiger partial charge on any atom is -0.502 e. The number of hydrogen-bond acceptors (Lipinski definition) is 3. The summed E-state index contributed by atoms with van der Waals surface area (Å²) in [5.41, 5.74) is -3.28. The molecule has 0 atom stereocenters. The number of nitro groups is 1. The van der Waals surface area contributed by atoms with Crippen molar-refractivity contribution in [2.75, 3.05) is 0 Å². The van der Waals surface area contributed by atoms with Gasteiger partial charge in [0.05, 0.1) is 9.40 Å². The van der Waals surface area contributed by atoms with Crippen LogP contribution in [0.1, 0.15) is 5.56 Å². The fraction of sp³-hybridized carbons (Fsp3) is 0.143. The van der Waals surface area contributed by atoms with Crippen molar-refractivity contribution in [2.45, 2.75) is 6.18 Å². The molecule has 0 aliphatic carbocycles. The number of halogens is 5. The van der Waals surface area contributed by atoms with Crippen LogP contribution in [-0.2, 0) is 6.18 Å². The average molecular weight is 304 g/mol. The van der Waals surface area contributed by atoms with Crippen molar-refractivity contribution in [2.24, 2.45) is 0 Å². The summed E-state index contributed by atoms with van der Waals surface area (Å²) in [5, 5.41) is 19.3. The molecule has 0 amide bonds. The van der Waals surface area contributed by atoms with E-state index in [0.29, 0.717) is 6.07 Å². The Kier molecular flexibility index (Phi) is 3.08. The minimum absolute atomic E-state index is 0.458. The van der Waals surface area contributed by atoms with Gasteiger partial charge in [-0.1, -0.05) is 0 Å². The second-order valence-electron chi connectivity index (χ2n) is 2.67. The molecule has 0 saturated heterocycles. The van der Waals surface area contributed by atoms with Crippen molar-refractivity contribution in [3.05, 3.63) is 32.0 Å². The zero-order valence-electron chi connectivity index (χ0n) is 7.18. The molecule has 4 nitrogen and oxygen atoms in total. The minimum atomic E-state index is -5.22. The Morgan fingerprint density at radius 3 is 2.31 bits per heavy atom. The van der Waals surface area contributed by atoms with E-state index in [-0.39, 0.29) is 0 Å². The van der Waals surface area contributed by atoms with Crippen molar-refractivity contribution in [3.8, 4) is 5.75 Å². The zero-order valence-corrected chi connectivity index (χ0v) is 8.76. The van der Waals surface area contributed by atoms with Crippen LogP contribution in [0.5, 0.6) is 5.75 Å². The number of aromatic hydroxyl groups is 1. The molecule has 0 fully saturated rings. The van der Waals surface area contributed by atoms with E-state index in [9.17, 15) is 27.7 Å². The van der Waals surface area contributed by atoms with Crippen LogP contribution in [-0.4, -0.2) is 10.0 Å². The summed E-state index contributed by atoms with van der Waals surface area (Å²) in [6.07, 6.45) is -5.22. The molecule has 0 unspecified atom stereocenters. The largest absolute Gasteiger partial charge is 0.502 e. The summed E-state index contributed by atoms with van der Waals surface area (Å²) in [7, 11) is 0. The Hall–Kier alpha value is -1.38. The highest BCUT2D eigenvalue weighted by Gasteiger charge is 2.41. The van der Waals surface area contributed by atoms with Gasteiger partial charge >= 0.3 is 11.9 Å². The van der Waals surface area contributed by atoms with Crippen LogP contribution in [0.4, 0.5) is 23.2 Å². The van der Waals surface area contributed by atoms with Crippen molar-refractivity contribution in [3.63, 3.8) is 0 Å². The third kappa shape index (κ3) is 2.08. The van der Waals surface area contributed by atoms with Crippen molar-refractivity contribution in [1.82, 2.24) is 0 Å². The second-order valence-corrected chi connectivity index (χ2v) is 3.52. The van der Waals surface area contributed by atoms with Crippen LogP contribution < -0.4 is 0 Å².